The third-order valence-corrected chi connectivity index (χ3v) is 20.8. The first-order valence-electron chi connectivity index (χ1n) is 38.7. The van der Waals surface area contributed by atoms with E-state index in [9.17, 15) is 64.7 Å². The summed E-state index contributed by atoms with van der Waals surface area (Å²) in [5.41, 5.74) is -0.502. The number of aromatic hydroxyl groups is 3. The second kappa shape index (κ2) is 42.0. The van der Waals surface area contributed by atoms with Crippen molar-refractivity contribution in [1.82, 2.24) is 19.0 Å². The van der Waals surface area contributed by atoms with Crippen LogP contribution in [0.1, 0.15) is 218 Å². The highest BCUT2D eigenvalue weighted by atomic mass is 16.7. The Morgan fingerprint density at radius 3 is 1.40 bits per heavy atom. The van der Waals surface area contributed by atoms with E-state index in [0.717, 1.165) is 77.9 Å². The van der Waals surface area contributed by atoms with Crippen LogP contribution in [0.15, 0.2) is 118 Å². The third-order valence-electron chi connectivity index (χ3n) is 20.8. The summed E-state index contributed by atoms with van der Waals surface area (Å²) in [5, 5.41) is 97.4. The van der Waals surface area contributed by atoms with E-state index in [1.165, 1.54) is 27.7 Å². The predicted molar refractivity (Wildman–Crippen MR) is 422 cm³/mol. The Balaban J connectivity index is 0.000000235. The van der Waals surface area contributed by atoms with Crippen molar-refractivity contribution in [2.45, 2.75) is 218 Å². The summed E-state index contributed by atoms with van der Waals surface area (Å²) in [4.78, 5) is 89.9. The lowest BCUT2D eigenvalue weighted by atomic mass is 9.75. The molecule has 9 rings (SSSR count). The van der Waals surface area contributed by atoms with Crippen LogP contribution in [0, 0.1) is 96.2 Å². The highest BCUT2D eigenvalue weighted by Gasteiger charge is 2.38. The number of azo groups is 3. The molecule has 1 saturated heterocycles. The van der Waals surface area contributed by atoms with Gasteiger partial charge in [0.1, 0.15) is 64.6 Å². The average molecular weight is 1550 g/mol. The number of amides is 1. The predicted octanol–water partition coefficient (Wildman–Crippen LogP) is 16.1. The number of ether oxygens (including phenoxy) is 5. The van der Waals surface area contributed by atoms with Gasteiger partial charge in [0.25, 0.3) is 22.6 Å². The minimum Gasteiger partial charge on any atom is -0.493 e. The van der Waals surface area contributed by atoms with E-state index in [0.29, 0.717) is 47.6 Å². The number of unbranched alkanes of at least 4 members (excludes halogenated alkanes) is 1. The van der Waals surface area contributed by atoms with Gasteiger partial charge in [0, 0.05) is 49.9 Å². The molecule has 29 heteroatoms. The highest BCUT2D eigenvalue weighted by molar-refractivity contribution is 5.99. The summed E-state index contributed by atoms with van der Waals surface area (Å²) in [6.07, 6.45) is 9.71. The number of benzene rings is 3. The maximum atomic E-state index is 13.4. The Labute approximate surface area is 659 Å². The lowest BCUT2D eigenvalue weighted by Crippen LogP contribution is -2.35. The van der Waals surface area contributed by atoms with E-state index in [4.69, 9.17) is 28.8 Å². The van der Waals surface area contributed by atoms with Gasteiger partial charge in [-0.15, -0.1) is 30.7 Å². The molecule has 3 fully saturated rings. The first kappa shape index (κ1) is 89.1. The summed E-state index contributed by atoms with van der Waals surface area (Å²) >= 11 is 0. The molecule has 113 heavy (non-hydrogen) atoms. The molecule has 1 aliphatic heterocycles. The molecule has 8 atom stereocenters. The van der Waals surface area contributed by atoms with Crippen LogP contribution in [-0.2, 0) is 48.1 Å². The molecule has 4 heterocycles. The molecule has 0 bridgehead atoms. The molecule has 6 aromatic rings. The van der Waals surface area contributed by atoms with E-state index >= 15 is 0 Å². The van der Waals surface area contributed by atoms with Crippen LogP contribution in [0.4, 0.5) is 34.1 Å². The lowest BCUT2D eigenvalue weighted by Gasteiger charge is -2.36. The van der Waals surface area contributed by atoms with Crippen molar-refractivity contribution < 1.29 is 63.3 Å². The second-order valence-electron chi connectivity index (χ2n) is 30.2. The van der Waals surface area contributed by atoms with E-state index in [-0.39, 0.29) is 155 Å². The van der Waals surface area contributed by atoms with Gasteiger partial charge in [-0.05, 0) is 157 Å². The standard InChI is InChI=1S/C30H38N4O6.C27H35N5O5.C27H34N4O5/c1-17(2)21-12-11-18(3)13-25(21)39-29(37)22-9-7-8-10-24(22)32-33-26-19(4)23(14-31)27(35)34(28(26)36)15-20-16-38-30(5,6)40-20;1-5-7-11-20(6-2)17-29-25(34)21-12-8-9-13-23(21)30-31-24-18(3)22(16-28)26(35)32(27(24)36)14-10-15-37-19(4)33;1-16(2)19-11-10-17(3)14-23(19)36-27(35)20-8-5-6-9-22(20)29-30-24-18(4)21(15-28)25(33)31(26(24)34)12-7-13-32/h7-10,17-18,20-21,25,35H,11-13,15-16H2,1-6H3;8-9,12-13,20,35H,5-7,10-11,14-15,17H2,1-4H3,(H,29,34);5-6,8-9,16-17,19,23,32-33H,7,10-14H2,1-4H3. The Hall–Kier alpha value is -11.1. The number of pyridine rings is 3. The van der Waals surface area contributed by atoms with Crippen molar-refractivity contribution in [2.75, 3.05) is 26.4 Å². The maximum absolute atomic E-state index is 13.4. The number of hydrogen-bond donors (Lipinski definition) is 5. The number of hydrogen-bond acceptors (Lipinski definition) is 25. The second-order valence-corrected chi connectivity index (χ2v) is 30.2. The zero-order valence-electron chi connectivity index (χ0n) is 67.2. The van der Waals surface area contributed by atoms with Gasteiger partial charge >= 0.3 is 17.9 Å². The number of esters is 3. The Morgan fingerprint density at radius 1 is 0.602 bits per heavy atom. The molecule has 8 unspecified atom stereocenters. The number of nitriles is 3. The van der Waals surface area contributed by atoms with Gasteiger partial charge in [0.2, 0.25) is 17.6 Å². The summed E-state index contributed by atoms with van der Waals surface area (Å²) in [5.74, 6) is -1.26. The minimum atomic E-state index is -0.821. The van der Waals surface area contributed by atoms with Crippen LogP contribution in [0.25, 0.3) is 0 Å². The van der Waals surface area contributed by atoms with Gasteiger partial charge in [-0.1, -0.05) is 124 Å². The fourth-order valence-corrected chi connectivity index (χ4v) is 14.2. The minimum absolute atomic E-state index is 0.00501. The van der Waals surface area contributed by atoms with Gasteiger partial charge in [0.15, 0.2) is 22.8 Å². The molecule has 3 aromatic heterocycles. The van der Waals surface area contributed by atoms with Crippen molar-refractivity contribution in [3.63, 3.8) is 0 Å². The van der Waals surface area contributed by atoms with E-state index in [1.807, 2.05) is 18.2 Å². The fourth-order valence-electron chi connectivity index (χ4n) is 14.2. The molecule has 0 radical (unpaired) electrons. The van der Waals surface area contributed by atoms with Gasteiger partial charge in [0.05, 0.1) is 42.1 Å². The van der Waals surface area contributed by atoms with Crippen LogP contribution in [0.3, 0.4) is 0 Å². The van der Waals surface area contributed by atoms with Crippen molar-refractivity contribution in [2.24, 2.45) is 72.1 Å². The van der Waals surface area contributed by atoms with Crippen LogP contribution < -0.4 is 22.0 Å². The van der Waals surface area contributed by atoms with E-state index in [2.05, 4.69) is 91.4 Å². The van der Waals surface area contributed by atoms with Gasteiger partial charge in [-0.2, -0.15) is 15.8 Å². The Morgan fingerprint density at radius 2 is 1.01 bits per heavy atom. The first-order valence-corrected chi connectivity index (χ1v) is 38.7. The highest BCUT2D eigenvalue weighted by Crippen LogP contribution is 2.40. The van der Waals surface area contributed by atoms with Crippen LogP contribution in [0.2, 0.25) is 0 Å². The van der Waals surface area contributed by atoms with Crippen LogP contribution in [0.5, 0.6) is 17.6 Å². The molecule has 2 saturated carbocycles. The summed E-state index contributed by atoms with van der Waals surface area (Å²) in [7, 11) is 0. The molecule has 5 N–H and O–H groups in total. The molecular weight excluding hydrogens is 1450 g/mol. The van der Waals surface area contributed by atoms with Crippen LogP contribution >= 0.6 is 0 Å². The average Bonchev–Trinajstić information content (AvgIpc) is 1.46. The van der Waals surface area contributed by atoms with Crippen molar-refractivity contribution >= 4 is 57.9 Å². The molecular formula is C84H107N13O16. The zero-order chi connectivity index (χ0) is 83.0. The molecule has 604 valence electrons. The number of aliphatic hydroxyl groups excluding tert-OH is 1. The SMILES string of the molecule is CCCCC(CC)CNC(=O)c1ccccc1N=Nc1c(C)c(C#N)c(O)n(CCCOC(C)=O)c1=O.Cc1c(C#N)c(O)n(CC2COC(C)(C)O2)c(=O)c1N=Nc1ccccc1C(=O)OC1CC(C)CCC1C(C)C.Cc1c(C#N)c(O)n(CCCO)c(=O)c1N=Nc1ccccc1C(=O)OC1CC(C)CCC1C(C)C. The summed E-state index contributed by atoms with van der Waals surface area (Å²) < 4.78 is 31.3. The summed E-state index contributed by atoms with van der Waals surface area (Å²) in [6.45, 7) is 27.1. The topological polar surface area (TPSA) is 419 Å². The number of aliphatic hydroxyl groups is 1. The van der Waals surface area contributed by atoms with Gasteiger partial charge in [-0.3, -0.25) is 37.7 Å². The normalized spacial score (nSPS) is 18.8. The van der Waals surface area contributed by atoms with Crippen molar-refractivity contribution in [1.29, 1.82) is 15.8 Å². The Kier molecular flexibility index (Phi) is 33.1. The molecule has 29 nitrogen and oxygen atoms in total. The number of nitrogens with one attached hydrogen (secondary N) is 1. The largest absolute Gasteiger partial charge is 0.493 e. The van der Waals surface area contributed by atoms with Crippen LogP contribution in [-0.4, -0.2) is 108 Å². The maximum Gasteiger partial charge on any atom is 0.340 e. The quantitative estimate of drug-likeness (QED) is 0.0132. The van der Waals surface area contributed by atoms with Crippen molar-refractivity contribution in [3.8, 4) is 35.8 Å². The van der Waals surface area contributed by atoms with Gasteiger partial charge < -0.3 is 49.4 Å². The van der Waals surface area contributed by atoms with E-state index < -0.39 is 64.1 Å². The molecule has 1 amide bonds. The number of carbonyl (C=O) groups is 4. The number of aromatic nitrogens is 3. The fraction of sp³-hybridized carbons (Fsp3) is 0.524. The molecule has 2 aliphatic carbocycles. The molecule has 3 aromatic carbocycles. The number of carbonyl (C=O) groups excluding carboxylic acids is 4. The first-order chi connectivity index (χ1) is 53.8. The van der Waals surface area contributed by atoms with Gasteiger partial charge in [-0.25, -0.2) is 9.59 Å². The van der Waals surface area contributed by atoms with E-state index in [1.54, 1.807) is 86.6 Å². The van der Waals surface area contributed by atoms with Crippen molar-refractivity contribution in [3.05, 3.63) is 154 Å². The zero-order valence-corrected chi connectivity index (χ0v) is 67.2. The summed E-state index contributed by atoms with van der Waals surface area (Å²) in [6, 6.07) is 25.7. The lowest BCUT2D eigenvalue weighted by molar-refractivity contribution is -0.141. The third kappa shape index (κ3) is 23.3. The molecule has 0 spiro atoms. The number of rotatable bonds is 28. The monoisotopic (exact) mass is 1550 g/mol. The Bertz CT molecular complexity index is 4790. The molecule has 3 aliphatic rings. The smallest absolute Gasteiger partial charge is 0.340 e. The number of nitrogens with zero attached hydrogens (tertiary/aromatic N) is 12.